The number of carbonyl (C=O) groups excluding carboxylic acids is 1. The maximum atomic E-state index is 13.5. The Balaban J connectivity index is 1.52. The highest BCUT2D eigenvalue weighted by molar-refractivity contribution is 7.99. The highest BCUT2D eigenvalue weighted by Gasteiger charge is 2.42. The fourth-order valence-electron chi connectivity index (χ4n) is 5.04. The quantitative estimate of drug-likeness (QED) is 0.284. The van der Waals surface area contributed by atoms with Gasteiger partial charge < -0.3 is 15.0 Å². The Morgan fingerprint density at radius 1 is 1.05 bits per heavy atom. The van der Waals surface area contributed by atoms with Crippen LogP contribution in [0.25, 0.3) is 0 Å². The molecule has 2 heterocycles. The molecule has 0 saturated heterocycles. The van der Waals surface area contributed by atoms with Crippen molar-refractivity contribution in [1.82, 2.24) is 9.97 Å². The first-order valence-electron chi connectivity index (χ1n) is 12.8. The summed E-state index contributed by atoms with van der Waals surface area (Å²) in [5.41, 5.74) is 3.66. The summed E-state index contributed by atoms with van der Waals surface area (Å²) in [5, 5.41) is 3.99. The minimum atomic E-state index is -0.474. The molecule has 0 radical (unpaired) electrons. The molecule has 1 atom stereocenters. The molecule has 0 saturated carbocycles. The number of rotatable bonds is 7. The normalized spacial score (nSPS) is 18.3. The maximum absolute atomic E-state index is 13.5. The third-order valence-electron chi connectivity index (χ3n) is 6.72. The lowest BCUT2D eigenvalue weighted by atomic mass is 9.69. The lowest BCUT2D eigenvalue weighted by Crippen LogP contribution is -2.37. The molecule has 1 aliphatic heterocycles. The van der Waals surface area contributed by atoms with E-state index in [1.54, 1.807) is 11.8 Å². The van der Waals surface area contributed by atoms with Crippen LogP contribution in [0.1, 0.15) is 63.1 Å². The van der Waals surface area contributed by atoms with Crippen LogP contribution < -0.4 is 15.6 Å². The van der Waals surface area contributed by atoms with Gasteiger partial charge >= 0.3 is 0 Å². The number of aromatic nitrogens is 2. The van der Waals surface area contributed by atoms with Gasteiger partial charge in [0, 0.05) is 29.4 Å². The molecule has 2 N–H and O–H groups in total. The van der Waals surface area contributed by atoms with E-state index in [0.29, 0.717) is 41.1 Å². The van der Waals surface area contributed by atoms with Crippen molar-refractivity contribution >= 4 is 23.4 Å². The smallest absolute Gasteiger partial charge is 0.257 e. The van der Waals surface area contributed by atoms with E-state index in [9.17, 15) is 9.59 Å². The number of ketones is 1. The van der Waals surface area contributed by atoms with E-state index in [4.69, 9.17) is 9.72 Å². The molecule has 7 heteroatoms. The molecule has 192 valence electrons. The van der Waals surface area contributed by atoms with Gasteiger partial charge in [-0.3, -0.25) is 9.59 Å². The summed E-state index contributed by atoms with van der Waals surface area (Å²) >= 11 is 1.54. The minimum Gasteiger partial charge on any atom is -0.489 e. The lowest BCUT2D eigenvalue weighted by molar-refractivity contribution is -0.118. The Bertz CT molecular complexity index is 1390. The Morgan fingerprint density at radius 2 is 1.78 bits per heavy atom. The second-order valence-electron chi connectivity index (χ2n) is 11.1. The number of ether oxygens (including phenoxy) is 1. The van der Waals surface area contributed by atoms with Gasteiger partial charge in [-0.2, -0.15) is 0 Å². The average molecular weight is 516 g/mol. The Kier molecular flexibility index (Phi) is 6.99. The van der Waals surface area contributed by atoms with Gasteiger partial charge in [0.1, 0.15) is 18.2 Å². The van der Waals surface area contributed by atoms with Crippen molar-refractivity contribution in [3.63, 3.8) is 0 Å². The third-order valence-corrected chi connectivity index (χ3v) is 8.02. The van der Waals surface area contributed by atoms with E-state index in [1.165, 1.54) is 0 Å². The number of nitrogens with zero attached hydrogens (tertiary/aromatic N) is 1. The molecule has 6 nitrogen and oxygen atoms in total. The number of Topliss-reactive ketones (excluding diaryl/α,β-unsaturated/α-hetero) is 1. The molecular formula is C30H33N3O3S. The first kappa shape index (κ1) is 25.3. The van der Waals surface area contributed by atoms with E-state index in [2.05, 4.69) is 38.0 Å². The predicted molar refractivity (Wildman–Crippen MR) is 148 cm³/mol. The van der Waals surface area contributed by atoms with E-state index in [1.807, 2.05) is 54.6 Å². The Labute approximate surface area is 222 Å². The van der Waals surface area contributed by atoms with Crippen LogP contribution in [-0.4, -0.2) is 21.5 Å². The van der Waals surface area contributed by atoms with Crippen molar-refractivity contribution in [3.05, 3.63) is 92.9 Å². The topological polar surface area (TPSA) is 84.1 Å². The summed E-state index contributed by atoms with van der Waals surface area (Å²) in [6, 6.07) is 17.7. The van der Waals surface area contributed by atoms with Gasteiger partial charge in [-0.15, -0.1) is 0 Å². The van der Waals surface area contributed by atoms with Gasteiger partial charge in [0.25, 0.3) is 5.56 Å². The van der Waals surface area contributed by atoms with Crippen molar-refractivity contribution < 1.29 is 9.53 Å². The molecule has 1 aromatic heterocycles. The number of hydrogen-bond donors (Lipinski definition) is 2. The van der Waals surface area contributed by atoms with Gasteiger partial charge in [-0.1, -0.05) is 81.9 Å². The summed E-state index contributed by atoms with van der Waals surface area (Å²) in [6.07, 6.45) is 1.18. The molecule has 0 bridgehead atoms. The first-order valence-corrected chi connectivity index (χ1v) is 13.8. The minimum absolute atomic E-state index is 0.0801. The van der Waals surface area contributed by atoms with Gasteiger partial charge in [0.05, 0.1) is 5.56 Å². The number of benzene rings is 2. The van der Waals surface area contributed by atoms with E-state index in [-0.39, 0.29) is 16.8 Å². The van der Waals surface area contributed by atoms with Crippen molar-refractivity contribution in [2.45, 2.75) is 58.2 Å². The SMILES string of the molecule is CC(C)CSc1nc2c(c(=O)[nH]1)C(c1ccc(OCc3ccccc3)cc1)C1=C(CC(C)(C)CC1=O)N2. The fraction of sp³-hybridized carbons (Fsp3) is 0.367. The van der Waals surface area contributed by atoms with Gasteiger partial charge in [0.15, 0.2) is 10.9 Å². The summed E-state index contributed by atoms with van der Waals surface area (Å²) < 4.78 is 5.97. The van der Waals surface area contributed by atoms with Crippen molar-refractivity contribution in [2.75, 3.05) is 11.1 Å². The molecule has 0 fully saturated rings. The molecule has 1 unspecified atom stereocenters. The third kappa shape index (κ3) is 5.52. The van der Waals surface area contributed by atoms with E-state index in [0.717, 1.165) is 34.7 Å². The molecule has 1 aliphatic carbocycles. The summed E-state index contributed by atoms with van der Waals surface area (Å²) in [5.74, 6) is 2.22. The van der Waals surface area contributed by atoms with Gasteiger partial charge in [-0.25, -0.2) is 4.98 Å². The Hall–Kier alpha value is -3.32. The first-order chi connectivity index (χ1) is 17.7. The number of hydrogen-bond acceptors (Lipinski definition) is 6. The number of aromatic amines is 1. The zero-order valence-electron chi connectivity index (χ0n) is 21.8. The maximum Gasteiger partial charge on any atom is 0.257 e. The van der Waals surface area contributed by atoms with Crippen LogP contribution in [0.5, 0.6) is 5.75 Å². The molecule has 37 heavy (non-hydrogen) atoms. The van der Waals surface area contributed by atoms with Crippen molar-refractivity contribution in [1.29, 1.82) is 0 Å². The number of carbonyl (C=O) groups is 1. The second-order valence-corrected chi connectivity index (χ2v) is 12.1. The fourth-order valence-corrected chi connectivity index (χ4v) is 5.85. The molecule has 2 aliphatic rings. The Morgan fingerprint density at radius 3 is 2.49 bits per heavy atom. The largest absolute Gasteiger partial charge is 0.489 e. The second kappa shape index (κ2) is 10.2. The molecule has 0 spiro atoms. The van der Waals surface area contributed by atoms with Crippen molar-refractivity contribution in [3.8, 4) is 5.75 Å². The molecule has 2 aromatic carbocycles. The van der Waals surface area contributed by atoms with E-state index < -0.39 is 5.92 Å². The molecule has 5 rings (SSSR count). The average Bonchev–Trinajstić information content (AvgIpc) is 2.85. The van der Waals surface area contributed by atoms with Crippen LogP contribution in [-0.2, 0) is 11.4 Å². The lowest BCUT2D eigenvalue weighted by Gasteiger charge is -2.38. The number of anilines is 1. The molecular weight excluding hydrogens is 482 g/mol. The van der Waals surface area contributed by atoms with E-state index >= 15 is 0 Å². The van der Waals surface area contributed by atoms with Crippen LogP contribution in [0, 0.1) is 11.3 Å². The zero-order valence-corrected chi connectivity index (χ0v) is 22.6. The number of H-pyrrole nitrogens is 1. The van der Waals surface area contributed by atoms with Crippen LogP contribution in [0.2, 0.25) is 0 Å². The number of nitrogens with one attached hydrogen (secondary N) is 2. The number of thioether (sulfide) groups is 1. The van der Waals surface area contributed by atoms with Crippen molar-refractivity contribution in [2.24, 2.45) is 11.3 Å². The number of fused-ring (bicyclic) bond motifs is 1. The summed E-state index contributed by atoms with van der Waals surface area (Å²) in [7, 11) is 0. The van der Waals surface area contributed by atoms with Crippen LogP contribution >= 0.6 is 11.8 Å². The zero-order chi connectivity index (χ0) is 26.2. The number of allylic oxidation sites excluding steroid dienone is 2. The monoisotopic (exact) mass is 515 g/mol. The molecule has 3 aromatic rings. The van der Waals surface area contributed by atoms with Gasteiger partial charge in [0.2, 0.25) is 0 Å². The predicted octanol–water partition coefficient (Wildman–Crippen LogP) is 6.30. The highest BCUT2D eigenvalue weighted by atomic mass is 32.2. The summed E-state index contributed by atoms with van der Waals surface area (Å²) in [4.78, 5) is 34.7. The highest BCUT2D eigenvalue weighted by Crippen LogP contribution is 2.47. The molecule has 0 amide bonds. The summed E-state index contributed by atoms with van der Waals surface area (Å²) in [6.45, 7) is 8.96. The standard InChI is InChI=1S/C30H33N3O3S/c1-18(2)17-37-29-32-27-26(28(35)33-29)24(25-22(31-27)14-30(3,4)15-23(25)34)20-10-12-21(13-11-20)36-16-19-8-6-5-7-9-19/h5-13,18,24H,14-17H2,1-4H3,(H2,31,32,33,35). The van der Waals surface area contributed by atoms with Crippen LogP contribution in [0.4, 0.5) is 5.82 Å². The van der Waals surface area contributed by atoms with Gasteiger partial charge in [-0.05, 0) is 41.0 Å². The van der Waals surface area contributed by atoms with Crippen LogP contribution in [0.3, 0.4) is 0 Å². The van der Waals surface area contributed by atoms with Crippen LogP contribution in [0.15, 0.2) is 75.8 Å².